The zero-order chi connectivity index (χ0) is 18.6. The molecule has 2 rings (SSSR count). The van der Waals surface area contributed by atoms with E-state index in [1.54, 1.807) is 25.2 Å². The highest BCUT2D eigenvalue weighted by Gasteiger charge is 2.19. The molecule has 0 atom stereocenters. The third kappa shape index (κ3) is 5.90. The monoisotopic (exact) mass is 365 g/mol. The van der Waals surface area contributed by atoms with Crippen LogP contribution in [0.2, 0.25) is 0 Å². The van der Waals surface area contributed by atoms with Gasteiger partial charge in [-0.25, -0.2) is 4.79 Å². The molecule has 7 nitrogen and oxygen atoms in total. The van der Waals surface area contributed by atoms with Gasteiger partial charge in [-0.15, -0.1) is 0 Å². The van der Waals surface area contributed by atoms with Gasteiger partial charge in [-0.2, -0.15) is 0 Å². The van der Waals surface area contributed by atoms with Gasteiger partial charge < -0.3 is 24.4 Å². The molecule has 0 aliphatic rings. The molecular weight excluding hydrogens is 342 g/mol. The minimum Gasteiger partial charge on any atom is -0.444 e. The Kier molecular flexibility index (Phi) is 5.84. The second kappa shape index (κ2) is 7.69. The minimum absolute atomic E-state index is 0.133. The average Bonchev–Trinajstić information content (AvgIpc) is 2.84. The van der Waals surface area contributed by atoms with Gasteiger partial charge in [0.25, 0.3) is 4.84 Å². The van der Waals surface area contributed by atoms with Gasteiger partial charge in [0, 0.05) is 31.8 Å². The van der Waals surface area contributed by atoms with E-state index in [2.05, 4.69) is 10.3 Å². The van der Waals surface area contributed by atoms with Crippen LogP contribution in [-0.4, -0.2) is 41.1 Å². The van der Waals surface area contributed by atoms with Crippen molar-refractivity contribution in [2.24, 2.45) is 0 Å². The van der Waals surface area contributed by atoms with E-state index >= 15 is 0 Å². The first-order valence-electron chi connectivity index (χ1n) is 8.01. The molecular formula is C17H23N3O4S. The molecule has 1 aromatic carbocycles. The number of nitrogens with zero attached hydrogens (tertiary/aromatic N) is 1. The summed E-state index contributed by atoms with van der Waals surface area (Å²) < 4.78 is 10.6. The number of carbonyl (C=O) groups excluding carboxylic acids is 2. The van der Waals surface area contributed by atoms with E-state index < -0.39 is 11.7 Å². The smallest absolute Gasteiger partial charge is 0.410 e. The Bertz CT molecular complexity index is 819. The van der Waals surface area contributed by atoms with Crippen LogP contribution in [0.4, 0.5) is 10.5 Å². The lowest BCUT2D eigenvalue weighted by molar-refractivity contribution is -0.116. The summed E-state index contributed by atoms with van der Waals surface area (Å²) >= 11 is 4.93. The number of hydrogen-bond donors (Lipinski definition) is 2. The number of amides is 2. The molecule has 0 aliphatic carbocycles. The minimum atomic E-state index is -0.532. The molecule has 0 spiro atoms. The number of fused-ring (bicyclic) bond motifs is 1. The van der Waals surface area contributed by atoms with E-state index in [1.807, 2.05) is 20.8 Å². The van der Waals surface area contributed by atoms with E-state index in [9.17, 15) is 9.59 Å². The van der Waals surface area contributed by atoms with Crippen LogP contribution in [0.5, 0.6) is 0 Å². The summed E-state index contributed by atoms with van der Waals surface area (Å²) in [5.41, 5.74) is 1.47. The average molecular weight is 365 g/mol. The SMILES string of the molecule is CN(CCCC(=O)Nc1ccc2[nH]c(=S)oc2c1)C(=O)OC(C)(C)C. The zero-order valence-electron chi connectivity index (χ0n) is 14.8. The first-order valence-corrected chi connectivity index (χ1v) is 8.42. The van der Waals surface area contributed by atoms with Crippen molar-refractivity contribution < 1.29 is 18.7 Å². The van der Waals surface area contributed by atoms with Crippen molar-refractivity contribution in [1.82, 2.24) is 9.88 Å². The van der Waals surface area contributed by atoms with Crippen LogP contribution < -0.4 is 5.32 Å². The van der Waals surface area contributed by atoms with Gasteiger partial charge >= 0.3 is 6.09 Å². The molecule has 0 aliphatic heterocycles. The lowest BCUT2D eigenvalue weighted by atomic mass is 10.2. The molecule has 0 fully saturated rings. The van der Waals surface area contributed by atoms with Crippen LogP contribution in [0, 0.1) is 4.84 Å². The Balaban J connectivity index is 1.79. The quantitative estimate of drug-likeness (QED) is 0.780. The lowest BCUT2D eigenvalue weighted by Gasteiger charge is -2.24. The number of aromatic amines is 1. The van der Waals surface area contributed by atoms with Gasteiger partial charge in [-0.1, -0.05) is 0 Å². The third-order valence-electron chi connectivity index (χ3n) is 3.31. The van der Waals surface area contributed by atoms with Crippen molar-refractivity contribution >= 4 is 41.0 Å². The highest BCUT2D eigenvalue weighted by atomic mass is 32.1. The van der Waals surface area contributed by atoms with Crippen molar-refractivity contribution in [2.75, 3.05) is 18.9 Å². The van der Waals surface area contributed by atoms with Gasteiger partial charge in [0.15, 0.2) is 5.58 Å². The maximum Gasteiger partial charge on any atom is 0.410 e. The van der Waals surface area contributed by atoms with Crippen molar-refractivity contribution in [3.8, 4) is 0 Å². The van der Waals surface area contributed by atoms with Crippen molar-refractivity contribution in [3.05, 3.63) is 23.0 Å². The fraction of sp³-hybridized carbons (Fsp3) is 0.471. The summed E-state index contributed by atoms with van der Waals surface area (Å²) in [6.45, 7) is 5.88. The number of aromatic nitrogens is 1. The number of rotatable bonds is 5. The van der Waals surface area contributed by atoms with Crippen LogP contribution in [0.25, 0.3) is 11.1 Å². The molecule has 25 heavy (non-hydrogen) atoms. The standard InChI is InChI=1S/C17H23N3O4S/c1-17(2,3)24-16(22)20(4)9-5-6-14(21)18-11-7-8-12-13(10-11)23-15(25)19-12/h7-8,10H,5-6,9H2,1-4H3,(H,18,21)(H,19,25). The largest absolute Gasteiger partial charge is 0.444 e. The van der Waals surface area contributed by atoms with Crippen LogP contribution in [0.3, 0.4) is 0 Å². The molecule has 0 saturated carbocycles. The maximum absolute atomic E-state index is 12.0. The Hall–Kier alpha value is -2.35. The summed E-state index contributed by atoms with van der Waals surface area (Å²) in [5, 5.41) is 2.80. The Morgan fingerprint density at radius 1 is 1.36 bits per heavy atom. The molecule has 0 unspecified atom stereocenters. The number of hydrogen-bond acceptors (Lipinski definition) is 5. The van der Waals surface area contributed by atoms with Gasteiger partial charge in [0.1, 0.15) is 5.60 Å². The van der Waals surface area contributed by atoms with Gasteiger partial charge in [-0.05, 0) is 51.5 Å². The van der Waals surface area contributed by atoms with Gasteiger partial charge in [0.2, 0.25) is 5.91 Å². The molecule has 0 radical (unpaired) electrons. The molecule has 0 saturated heterocycles. The van der Waals surface area contributed by atoms with Crippen molar-refractivity contribution in [3.63, 3.8) is 0 Å². The number of oxazole rings is 1. The van der Waals surface area contributed by atoms with E-state index in [4.69, 9.17) is 21.4 Å². The number of H-pyrrole nitrogens is 1. The summed E-state index contributed by atoms with van der Waals surface area (Å²) in [7, 11) is 1.65. The summed E-state index contributed by atoms with van der Waals surface area (Å²) in [4.78, 5) is 28.5. The summed E-state index contributed by atoms with van der Waals surface area (Å²) in [5.74, 6) is -0.133. The molecule has 0 bridgehead atoms. The number of nitrogens with one attached hydrogen (secondary N) is 2. The molecule has 1 heterocycles. The predicted octanol–water partition coefficient (Wildman–Crippen LogP) is 4.08. The second-order valence-electron chi connectivity index (χ2n) is 6.78. The van der Waals surface area contributed by atoms with E-state index in [0.717, 1.165) is 5.52 Å². The third-order valence-corrected chi connectivity index (χ3v) is 3.49. The zero-order valence-corrected chi connectivity index (χ0v) is 15.7. The summed E-state index contributed by atoms with van der Waals surface area (Å²) in [6.07, 6.45) is 0.434. The Labute approximate surface area is 151 Å². The molecule has 2 amide bonds. The van der Waals surface area contributed by atoms with Crippen LogP contribution in [0.1, 0.15) is 33.6 Å². The topological polar surface area (TPSA) is 87.6 Å². The van der Waals surface area contributed by atoms with Crippen LogP contribution >= 0.6 is 12.2 Å². The van der Waals surface area contributed by atoms with Crippen molar-refractivity contribution in [2.45, 2.75) is 39.2 Å². The molecule has 2 aromatic rings. The number of benzene rings is 1. The van der Waals surface area contributed by atoms with Crippen molar-refractivity contribution in [1.29, 1.82) is 0 Å². The normalized spacial score (nSPS) is 11.4. The lowest BCUT2D eigenvalue weighted by Crippen LogP contribution is -2.35. The Morgan fingerprint density at radius 3 is 2.76 bits per heavy atom. The molecule has 1 aromatic heterocycles. The van der Waals surface area contributed by atoms with Gasteiger partial charge in [0.05, 0.1) is 5.52 Å². The first-order chi connectivity index (χ1) is 11.6. The summed E-state index contributed by atoms with van der Waals surface area (Å²) in [6, 6.07) is 5.28. The maximum atomic E-state index is 12.0. The first kappa shape index (κ1) is 19.0. The van der Waals surface area contributed by atoms with Crippen LogP contribution in [0.15, 0.2) is 22.6 Å². The number of ether oxygens (including phenoxy) is 1. The number of carbonyl (C=O) groups is 2. The highest BCUT2D eigenvalue weighted by Crippen LogP contribution is 2.19. The Morgan fingerprint density at radius 2 is 2.08 bits per heavy atom. The number of anilines is 1. The van der Waals surface area contributed by atoms with Gasteiger partial charge in [-0.3, -0.25) is 4.79 Å². The molecule has 136 valence electrons. The van der Waals surface area contributed by atoms with E-state index in [0.29, 0.717) is 35.5 Å². The van der Waals surface area contributed by atoms with Crippen LogP contribution in [-0.2, 0) is 9.53 Å². The second-order valence-corrected chi connectivity index (χ2v) is 7.15. The molecule has 2 N–H and O–H groups in total. The van der Waals surface area contributed by atoms with E-state index in [-0.39, 0.29) is 5.91 Å². The fourth-order valence-corrected chi connectivity index (χ4v) is 2.35. The highest BCUT2D eigenvalue weighted by molar-refractivity contribution is 7.71. The fourth-order valence-electron chi connectivity index (χ4n) is 2.15. The molecule has 8 heteroatoms. The predicted molar refractivity (Wildman–Crippen MR) is 98.1 cm³/mol. The van der Waals surface area contributed by atoms with E-state index in [1.165, 1.54) is 4.90 Å².